The third kappa shape index (κ3) is 3.23. The van der Waals surface area contributed by atoms with E-state index in [9.17, 15) is 4.39 Å². The van der Waals surface area contributed by atoms with Gasteiger partial charge in [0.1, 0.15) is 11.6 Å². The van der Waals surface area contributed by atoms with E-state index in [1.807, 2.05) is 13.0 Å². The minimum absolute atomic E-state index is 0.261. The molecule has 106 valence electrons. The number of para-hydroxylation sites is 1. The second-order valence-corrected chi connectivity index (χ2v) is 4.38. The molecule has 0 amide bonds. The van der Waals surface area contributed by atoms with E-state index in [-0.39, 0.29) is 5.82 Å². The SMILES string of the molecule is CCCNc1cncc(N(CC)c2ccccc2F)n1. The lowest BCUT2D eigenvalue weighted by Crippen LogP contribution is -2.19. The topological polar surface area (TPSA) is 41.1 Å². The lowest BCUT2D eigenvalue weighted by Gasteiger charge is -2.22. The van der Waals surface area contributed by atoms with Crippen LogP contribution in [-0.4, -0.2) is 23.1 Å². The number of hydrogen-bond acceptors (Lipinski definition) is 4. The Morgan fingerprint density at radius 3 is 2.70 bits per heavy atom. The standard InChI is InChI=1S/C15H19FN4/c1-3-9-18-14-10-17-11-15(19-14)20(4-2)13-8-6-5-7-12(13)16/h5-8,10-11H,3-4,9H2,1-2H3,(H,18,19). The van der Waals surface area contributed by atoms with Gasteiger partial charge in [0.15, 0.2) is 5.82 Å². The maximum Gasteiger partial charge on any atom is 0.154 e. The lowest BCUT2D eigenvalue weighted by molar-refractivity contribution is 0.625. The van der Waals surface area contributed by atoms with Gasteiger partial charge in [-0.05, 0) is 25.5 Å². The summed E-state index contributed by atoms with van der Waals surface area (Å²) in [6, 6.07) is 6.68. The van der Waals surface area contributed by atoms with Crippen molar-refractivity contribution < 1.29 is 4.39 Å². The highest BCUT2D eigenvalue weighted by atomic mass is 19.1. The minimum atomic E-state index is -0.261. The van der Waals surface area contributed by atoms with Crippen LogP contribution in [0.5, 0.6) is 0 Å². The summed E-state index contributed by atoms with van der Waals surface area (Å²) >= 11 is 0. The summed E-state index contributed by atoms with van der Waals surface area (Å²) in [5.74, 6) is 1.08. The average Bonchev–Trinajstić information content (AvgIpc) is 2.48. The first-order valence-corrected chi connectivity index (χ1v) is 6.84. The van der Waals surface area contributed by atoms with Gasteiger partial charge in [-0.15, -0.1) is 0 Å². The molecule has 0 fully saturated rings. The Morgan fingerprint density at radius 1 is 1.20 bits per heavy atom. The van der Waals surface area contributed by atoms with Gasteiger partial charge in [0.25, 0.3) is 0 Å². The van der Waals surface area contributed by atoms with E-state index in [0.29, 0.717) is 23.9 Å². The second-order valence-electron chi connectivity index (χ2n) is 4.38. The van der Waals surface area contributed by atoms with Gasteiger partial charge in [-0.2, -0.15) is 0 Å². The number of anilines is 3. The van der Waals surface area contributed by atoms with Crippen molar-refractivity contribution in [2.75, 3.05) is 23.3 Å². The van der Waals surface area contributed by atoms with Crippen molar-refractivity contribution in [1.29, 1.82) is 0 Å². The molecule has 0 saturated carbocycles. The molecular formula is C15H19FN4. The van der Waals surface area contributed by atoms with Gasteiger partial charge < -0.3 is 10.2 Å². The van der Waals surface area contributed by atoms with Crippen LogP contribution in [0.3, 0.4) is 0 Å². The molecule has 0 aliphatic rings. The van der Waals surface area contributed by atoms with E-state index in [4.69, 9.17) is 0 Å². The Bertz CT molecular complexity index is 559. The summed E-state index contributed by atoms with van der Waals surface area (Å²) in [6.07, 6.45) is 4.33. The van der Waals surface area contributed by atoms with Crippen LogP contribution >= 0.6 is 0 Å². The van der Waals surface area contributed by atoms with Gasteiger partial charge in [-0.3, -0.25) is 4.98 Å². The number of aromatic nitrogens is 2. The van der Waals surface area contributed by atoms with Crippen LogP contribution in [0.1, 0.15) is 20.3 Å². The highest BCUT2D eigenvalue weighted by Crippen LogP contribution is 2.26. The molecule has 0 saturated heterocycles. The summed E-state index contributed by atoms with van der Waals surface area (Å²) in [7, 11) is 0. The maximum atomic E-state index is 13.9. The van der Waals surface area contributed by atoms with Crippen molar-refractivity contribution in [1.82, 2.24) is 9.97 Å². The molecule has 0 aliphatic heterocycles. The monoisotopic (exact) mass is 274 g/mol. The van der Waals surface area contributed by atoms with Crippen LogP contribution < -0.4 is 10.2 Å². The Balaban J connectivity index is 2.30. The molecule has 0 bridgehead atoms. The summed E-state index contributed by atoms with van der Waals surface area (Å²) < 4.78 is 13.9. The van der Waals surface area contributed by atoms with Gasteiger partial charge in [0, 0.05) is 13.1 Å². The number of rotatable bonds is 6. The molecule has 2 rings (SSSR count). The van der Waals surface area contributed by atoms with Crippen molar-refractivity contribution in [2.24, 2.45) is 0 Å². The zero-order valence-corrected chi connectivity index (χ0v) is 11.8. The van der Waals surface area contributed by atoms with Crippen LogP contribution in [0.2, 0.25) is 0 Å². The highest BCUT2D eigenvalue weighted by molar-refractivity contribution is 5.61. The van der Waals surface area contributed by atoms with Crippen LogP contribution in [0.4, 0.5) is 21.7 Å². The molecule has 1 aromatic carbocycles. The first-order chi connectivity index (χ1) is 9.76. The minimum Gasteiger partial charge on any atom is -0.369 e. The summed E-state index contributed by atoms with van der Waals surface area (Å²) in [4.78, 5) is 10.5. The van der Waals surface area contributed by atoms with E-state index >= 15 is 0 Å². The molecule has 1 N–H and O–H groups in total. The number of benzene rings is 1. The van der Waals surface area contributed by atoms with Crippen molar-refractivity contribution in [3.63, 3.8) is 0 Å². The predicted octanol–water partition coefficient (Wildman–Crippen LogP) is 3.60. The van der Waals surface area contributed by atoms with Crippen LogP contribution in [-0.2, 0) is 0 Å². The normalized spacial score (nSPS) is 10.3. The zero-order valence-electron chi connectivity index (χ0n) is 11.8. The molecule has 1 aromatic heterocycles. The van der Waals surface area contributed by atoms with Gasteiger partial charge in [0.05, 0.1) is 18.1 Å². The molecule has 4 nitrogen and oxygen atoms in total. The van der Waals surface area contributed by atoms with Gasteiger partial charge in [0.2, 0.25) is 0 Å². The van der Waals surface area contributed by atoms with Gasteiger partial charge in [-0.1, -0.05) is 19.1 Å². The molecule has 2 aromatic rings. The summed E-state index contributed by atoms with van der Waals surface area (Å²) in [6.45, 7) is 5.50. The van der Waals surface area contributed by atoms with Gasteiger partial charge in [-0.25, -0.2) is 9.37 Å². The Hall–Kier alpha value is -2.17. The average molecular weight is 274 g/mol. The molecule has 0 unspecified atom stereocenters. The fourth-order valence-electron chi connectivity index (χ4n) is 1.95. The van der Waals surface area contributed by atoms with Crippen molar-refractivity contribution >= 4 is 17.3 Å². The maximum absolute atomic E-state index is 13.9. The summed E-state index contributed by atoms with van der Waals surface area (Å²) in [5.41, 5.74) is 0.511. The predicted molar refractivity (Wildman–Crippen MR) is 79.9 cm³/mol. The number of hydrogen-bond donors (Lipinski definition) is 1. The largest absolute Gasteiger partial charge is 0.369 e. The Labute approximate surface area is 118 Å². The van der Waals surface area contributed by atoms with E-state index in [0.717, 1.165) is 13.0 Å². The number of nitrogens with zero attached hydrogens (tertiary/aromatic N) is 3. The first kappa shape index (κ1) is 14.2. The van der Waals surface area contributed by atoms with Gasteiger partial charge >= 0.3 is 0 Å². The third-order valence-electron chi connectivity index (χ3n) is 2.91. The van der Waals surface area contributed by atoms with Crippen molar-refractivity contribution in [3.8, 4) is 0 Å². The lowest BCUT2D eigenvalue weighted by atomic mass is 10.2. The Morgan fingerprint density at radius 2 is 2.00 bits per heavy atom. The van der Waals surface area contributed by atoms with Crippen LogP contribution in [0.25, 0.3) is 0 Å². The molecule has 0 atom stereocenters. The zero-order chi connectivity index (χ0) is 14.4. The molecule has 0 spiro atoms. The van der Waals surface area contributed by atoms with Crippen LogP contribution in [0.15, 0.2) is 36.7 Å². The smallest absolute Gasteiger partial charge is 0.154 e. The third-order valence-corrected chi connectivity index (χ3v) is 2.91. The fraction of sp³-hybridized carbons (Fsp3) is 0.333. The molecule has 20 heavy (non-hydrogen) atoms. The first-order valence-electron chi connectivity index (χ1n) is 6.84. The number of halogens is 1. The quantitative estimate of drug-likeness (QED) is 0.874. The van der Waals surface area contributed by atoms with Crippen molar-refractivity contribution in [3.05, 3.63) is 42.5 Å². The van der Waals surface area contributed by atoms with E-state index in [1.165, 1.54) is 6.07 Å². The molecular weight excluding hydrogens is 255 g/mol. The van der Waals surface area contributed by atoms with E-state index in [1.54, 1.807) is 29.4 Å². The molecule has 0 radical (unpaired) electrons. The van der Waals surface area contributed by atoms with Crippen LogP contribution in [0, 0.1) is 5.82 Å². The Kier molecular flexibility index (Phi) is 4.87. The highest BCUT2D eigenvalue weighted by Gasteiger charge is 2.13. The molecule has 5 heteroatoms. The fourth-order valence-corrected chi connectivity index (χ4v) is 1.95. The second kappa shape index (κ2) is 6.84. The number of nitrogens with one attached hydrogen (secondary N) is 1. The van der Waals surface area contributed by atoms with E-state index < -0.39 is 0 Å². The van der Waals surface area contributed by atoms with E-state index in [2.05, 4.69) is 22.2 Å². The molecule has 0 aliphatic carbocycles. The molecule has 1 heterocycles. The van der Waals surface area contributed by atoms with Crippen molar-refractivity contribution in [2.45, 2.75) is 20.3 Å². The summed E-state index contributed by atoms with van der Waals surface area (Å²) in [5, 5.41) is 3.19.